The van der Waals surface area contributed by atoms with Crippen LogP contribution in [0.25, 0.3) is 0 Å². The molecule has 1 aliphatic carbocycles. The molecular weight excluding hydrogens is 354 g/mol. The number of guanidine groups is 1. The van der Waals surface area contributed by atoms with Gasteiger partial charge < -0.3 is 20.0 Å². The molecule has 0 unspecified atom stereocenters. The fourth-order valence-corrected chi connectivity index (χ4v) is 4.08. The van der Waals surface area contributed by atoms with Gasteiger partial charge in [-0.15, -0.1) is 0 Å². The maximum atomic E-state index is 12.4. The Balaban J connectivity index is 1.32. The number of amides is 2. The highest BCUT2D eigenvalue weighted by atomic mass is 16.2. The number of hydrogen-bond acceptors (Lipinski definition) is 3. The van der Waals surface area contributed by atoms with Gasteiger partial charge in [0.15, 0.2) is 5.96 Å². The second-order valence-corrected chi connectivity index (χ2v) is 7.88. The Morgan fingerprint density at radius 2 is 1.96 bits per heavy atom. The molecule has 7 heteroatoms. The van der Waals surface area contributed by atoms with Crippen molar-refractivity contribution in [3.05, 3.63) is 35.4 Å². The number of nitrogens with one attached hydrogen (secondary N) is 1. The van der Waals surface area contributed by atoms with E-state index in [1.165, 1.54) is 0 Å². The summed E-state index contributed by atoms with van der Waals surface area (Å²) in [5.41, 5.74) is 2.30. The van der Waals surface area contributed by atoms with Crippen molar-refractivity contribution in [1.29, 1.82) is 0 Å². The molecule has 1 saturated carbocycles. The molecule has 0 bridgehead atoms. The highest BCUT2D eigenvalue weighted by Gasteiger charge is 2.36. The van der Waals surface area contributed by atoms with Gasteiger partial charge >= 0.3 is 0 Å². The van der Waals surface area contributed by atoms with Crippen LogP contribution in [0.1, 0.15) is 36.8 Å². The third-order valence-corrected chi connectivity index (χ3v) is 5.74. The maximum Gasteiger partial charge on any atom is 0.242 e. The number of likely N-dealkylation sites (tertiary alicyclic amines) is 1. The summed E-state index contributed by atoms with van der Waals surface area (Å²) in [5, 5.41) is 3.39. The van der Waals surface area contributed by atoms with E-state index in [2.05, 4.69) is 28.5 Å². The van der Waals surface area contributed by atoms with Gasteiger partial charge in [-0.25, -0.2) is 0 Å². The van der Waals surface area contributed by atoms with Gasteiger partial charge in [0.1, 0.15) is 0 Å². The van der Waals surface area contributed by atoms with E-state index in [1.807, 2.05) is 20.8 Å². The molecule has 2 saturated heterocycles. The number of benzene rings is 1. The zero-order chi connectivity index (χ0) is 19.5. The Hall–Kier alpha value is -2.57. The first-order chi connectivity index (χ1) is 13.6. The van der Waals surface area contributed by atoms with E-state index < -0.39 is 0 Å². The molecule has 2 heterocycles. The average molecular weight is 383 g/mol. The molecule has 150 valence electrons. The van der Waals surface area contributed by atoms with E-state index in [0.29, 0.717) is 32.1 Å². The van der Waals surface area contributed by atoms with E-state index in [1.54, 1.807) is 7.05 Å². The molecular formula is C21H29N5O2. The van der Waals surface area contributed by atoms with Gasteiger partial charge in [0.05, 0.1) is 6.54 Å². The second kappa shape index (κ2) is 8.20. The van der Waals surface area contributed by atoms with E-state index in [0.717, 1.165) is 56.0 Å². The van der Waals surface area contributed by atoms with Crippen LogP contribution in [0.4, 0.5) is 0 Å². The topological polar surface area (TPSA) is 68.2 Å². The van der Waals surface area contributed by atoms with Crippen LogP contribution >= 0.6 is 0 Å². The predicted molar refractivity (Wildman–Crippen MR) is 108 cm³/mol. The maximum absolute atomic E-state index is 12.4. The highest BCUT2D eigenvalue weighted by Crippen LogP contribution is 2.28. The van der Waals surface area contributed by atoms with Crippen molar-refractivity contribution in [3.8, 4) is 0 Å². The van der Waals surface area contributed by atoms with Gasteiger partial charge in [0.25, 0.3) is 0 Å². The molecule has 2 amide bonds. The largest absolute Gasteiger partial charge is 0.352 e. The summed E-state index contributed by atoms with van der Waals surface area (Å²) in [5.74, 6) is 1.22. The first kappa shape index (κ1) is 18.8. The monoisotopic (exact) mass is 383 g/mol. The Labute approximate surface area is 166 Å². The molecule has 1 aromatic rings. The summed E-state index contributed by atoms with van der Waals surface area (Å²) in [6.07, 6.45) is 3.93. The minimum absolute atomic E-state index is 0.203. The summed E-state index contributed by atoms with van der Waals surface area (Å²) in [6.45, 7) is 4.18. The molecule has 0 atom stereocenters. The summed E-state index contributed by atoms with van der Waals surface area (Å²) >= 11 is 0. The van der Waals surface area contributed by atoms with Crippen molar-refractivity contribution in [1.82, 2.24) is 20.0 Å². The van der Waals surface area contributed by atoms with Crippen LogP contribution in [0.5, 0.6) is 0 Å². The third-order valence-electron chi connectivity index (χ3n) is 5.74. The quantitative estimate of drug-likeness (QED) is 0.613. The number of rotatable bonds is 5. The lowest BCUT2D eigenvalue weighted by atomic mass is 10.1. The molecule has 3 fully saturated rings. The van der Waals surface area contributed by atoms with Gasteiger partial charge in [-0.2, -0.15) is 0 Å². The number of aliphatic imine (C=N–C) groups is 1. The lowest BCUT2D eigenvalue weighted by Gasteiger charge is -2.36. The van der Waals surface area contributed by atoms with Crippen LogP contribution in [-0.2, 0) is 22.7 Å². The van der Waals surface area contributed by atoms with Gasteiger partial charge in [0.2, 0.25) is 11.8 Å². The minimum Gasteiger partial charge on any atom is -0.352 e. The summed E-state index contributed by atoms with van der Waals surface area (Å²) in [6, 6.07) is 8.80. The normalized spacial score (nSPS) is 20.9. The molecule has 7 nitrogen and oxygen atoms in total. The van der Waals surface area contributed by atoms with Crippen LogP contribution in [0.15, 0.2) is 29.3 Å². The van der Waals surface area contributed by atoms with Gasteiger partial charge in [-0.05, 0) is 30.4 Å². The average Bonchev–Trinajstić information content (AvgIpc) is 3.46. The van der Waals surface area contributed by atoms with Crippen LogP contribution < -0.4 is 5.32 Å². The van der Waals surface area contributed by atoms with Crippen LogP contribution in [0.2, 0.25) is 0 Å². The molecule has 28 heavy (non-hydrogen) atoms. The Morgan fingerprint density at radius 1 is 1.14 bits per heavy atom. The Morgan fingerprint density at radius 3 is 2.64 bits per heavy atom. The Bertz CT molecular complexity index is 774. The van der Waals surface area contributed by atoms with Gasteiger partial charge in [0, 0.05) is 52.2 Å². The van der Waals surface area contributed by atoms with Crippen molar-refractivity contribution >= 4 is 17.8 Å². The number of nitrogens with zero attached hydrogens (tertiary/aromatic N) is 4. The van der Waals surface area contributed by atoms with Crippen LogP contribution in [-0.4, -0.2) is 71.7 Å². The molecule has 0 aromatic heterocycles. The number of hydrogen-bond donors (Lipinski definition) is 1. The van der Waals surface area contributed by atoms with Gasteiger partial charge in [-0.3, -0.25) is 14.6 Å². The van der Waals surface area contributed by atoms with E-state index in [9.17, 15) is 9.59 Å². The minimum atomic E-state index is 0.203. The van der Waals surface area contributed by atoms with E-state index in [-0.39, 0.29) is 11.8 Å². The molecule has 1 aromatic carbocycles. The fourth-order valence-electron chi connectivity index (χ4n) is 4.08. The third kappa shape index (κ3) is 4.29. The summed E-state index contributed by atoms with van der Waals surface area (Å²) in [7, 11) is 1.76. The van der Waals surface area contributed by atoms with Crippen molar-refractivity contribution in [3.63, 3.8) is 0 Å². The molecule has 1 N–H and O–H groups in total. The zero-order valence-corrected chi connectivity index (χ0v) is 16.6. The number of piperazine rings is 1. The summed E-state index contributed by atoms with van der Waals surface area (Å²) < 4.78 is 0. The standard InChI is InChI=1S/C21H29N5O2/c1-22-21(25-10-11-26(18-7-8-18)20(28)15-25)23-13-16-4-2-5-17(12-16)14-24-9-3-6-19(24)27/h2,4-5,12,18H,3,6-11,13-15H2,1H3,(H,22,23). The van der Waals surface area contributed by atoms with Crippen molar-refractivity contribution in [2.24, 2.45) is 4.99 Å². The van der Waals surface area contributed by atoms with Gasteiger partial charge in [-0.1, -0.05) is 24.3 Å². The molecule has 4 rings (SSSR count). The lowest BCUT2D eigenvalue weighted by molar-refractivity contribution is -0.135. The van der Waals surface area contributed by atoms with E-state index >= 15 is 0 Å². The zero-order valence-electron chi connectivity index (χ0n) is 16.6. The van der Waals surface area contributed by atoms with Crippen molar-refractivity contribution < 1.29 is 9.59 Å². The molecule has 0 spiro atoms. The number of carbonyl (C=O) groups is 2. The SMILES string of the molecule is CN=C(NCc1cccc(CN2CCCC2=O)c1)N1CCN(C2CC2)C(=O)C1. The van der Waals surface area contributed by atoms with Crippen molar-refractivity contribution in [2.45, 2.75) is 44.8 Å². The van der Waals surface area contributed by atoms with Crippen LogP contribution in [0.3, 0.4) is 0 Å². The van der Waals surface area contributed by atoms with Crippen LogP contribution in [0, 0.1) is 0 Å². The fraction of sp³-hybridized carbons (Fsp3) is 0.571. The molecule has 3 aliphatic rings. The predicted octanol–water partition coefficient (Wildman–Crippen LogP) is 1.19. The number of carbonyl (C=O) groups excluding carboxylic acids is 2. The molecule has 2 aliphatic heterocycles. The summed E-state index contributed by atoms with van der Waals surface area (Å²) in [4.78, 5) is 34.6. The second-order valence-electron chi connectivity index (χ2n) is 7.88. The first-order valence-corrected chi connectivity index (χ1v) is 10.2. The first-order valence-electron chi connectivity index (χ1n) is 10.2. The molecule has 0 radical (unpaired) electrons. The highest BCUT2D eigenvalue weighted by molar-refractivity contribution is 5.88. The van der Waals surface area contributed by atoms with Crippen molar-refractivity contribution in [2.75, 3.05) is 33.2 Å². The Kier molecular flexibility index (Phi) is 5.50. The smallest absolute Gasteiger partial charge is 0.242 e. The van der Waals surface area contributed by atoms with E-state index in [4.69, 9.17) is 0 Å². The lowest BCUT2D eigenvalue weighted by Crippen LogP contribution is -2.55.